The van der Waals surface area contributed by atoms with E-state index in [4.69, 9.17) is 9.56 Å². The Morgan fingerprint density at radius 1 is 1.07 bits per heavy atom. The maximum absolute atomic E-state index is 12.4. The van der Waals surface area contributed by atoms with Gasteiger partial charge in [-0.3, -0.25) is 14.5 Å². The number of sulfonamides is 1. The summed E-state index contributed by atoms with van der Waals surface area (Å²) in [4.78, 5) is 28.2. The molecule has 1 aromatic carbocycles. The van der Waals surface area contributed by atoms with E-state index in [1.54, 1.807) is 24.0 Å². The highest BCUT2D eigenvalue weighted by Gasteiger charge is 2.25. The molecule has 2 aromatic rings. The van der Waals surface area contributed by atoms with Crippen molar-refractivity contribution in [1.82, 2.24) is 9.80 Å². The summed E-state index contributed by atoms with van der Waals surface area (Å²) in [6.07, 6.45) is 0. The minimum absolute atomic E-state index is 0.0157. The van der Waals surface area contributed by atoms with E-state index in [-0.39, 0.29) is 23.3 Å². The van der Waals surface area contributed by atoms with Crippen molar-refractivity contribution in [3.05, 3.63) is 47.9 Å². The normalized spacial score (nSPS) is 15.4. The van der Waals surface area contributed by atoms with Gasteiger partial charge in [-0.1, -0.05) is 0 Å². The van der Waals surface area contributed by atoms with Gasteiger partial charge in [-0.25, -0.2) is 13.6 Å². The molecule has 0 unspecified atom stereocenters. The van der Waals surface area contributed by atoms with Gasteiger partial charge >= 0.3 is 0 Å². The minimum atomic E-state index is -3.76. The largest absolute Gasteiger partial charge is 0.456 e. The average Bonchev–Trinajstić information content (AvgIpc) is 3.08. The molecule has 9 nitrogen and oxygen atoms in total. The molecule has 1 aromatic heterocycles. The van der Waals surface area contributed by atoms with Crippen LogP contribution in [0.2, 0.25) is 0 Å². The Bertz CT molecular complexity index is 960. The molecule has 150 valence electrons. The zero-order valence-corrected chi connectivity index (χ0v) is 16.2. The number of carbonyl (C=O) groups is 2. The van der Waals surface area contributed by atoms with Gasteiger partial charge in [0.05, 0.1) is 11.4 Å². The van der Waals surface area contributed by atoms with Crippen molar-refractivity contribution in [1.29, 1.82) is 0 Å². The summed E-state index contributed by atoms with van der Waals surface area (Å²) in [5.41, 5.74) is 0.486. The lowest BCUT2D eigenvalue weighted by Gasteiger charge is -2.33. The standard InChI is InChI=1S/C18H22N4O5S/c1-13-2-7-16(27-13)18(24)22-10-8-21(9-11-22)12-17(23)20-14-3-5-15(6-4-14)28(19,25)26/h2-7H,8-12H2,1H3,(H,20,23)(H2,19,25,26). The van der Waals surface area contributed by atoms with Crippen LogP contribution in [0.5, 0.6) is 0 Å². The Hall–Kier alpha value is -2.69. The van der Waals surface area contributed by atoms with Crippen LogP contribution in [0.3, 0.4) is 0 Å². The maximum atomic E-state index is 12.4. The summed E-state index contributed by atoms with van der Waals surface area (Å²) < 4.78 is 27.9. The quantitative estimate of drug-likeness (QED) is 0.750. The number of nitrogens with two attached hydrogens (primary N) is 1. The summed E-state index contributed by atoms with van der Waals surface area (Å²) in [6.45, 7) is 4.13. The highest BCUT2D eigenvalue weighted by molar-refractivity contribution is 7.89. The van der Waals surface area contributed by atoms with Gasteiger partial charge < -0.3 is 14.6 Å². The van der Waals surface area contributed by atoms with Gasteiger partial charge in [0.2, 0.25) is 15.9 Å². The van der Waals surface area contributed by atoms with Crippen molar-refractivity contribution < 1.29 is 22.4 Å². The van der Waals surface area contributed by atoms with E-state index in [2.05, 4.69) is 5.32 Å². The number of hydrogen-bond donors (Lipinski definition) is 2. The third-order valence-corrected chi connectivity index (χ3v) is 5.37. The minimum Gasteiger partial charge on any atom is -0.456 e. The molecule has 2 amide bonds. The molecule has 1 fully saturated rings. The number of benzene rings is 1. The molecule has 0 bridgehead atoms. The first kappa shape index (κ1) is 20.1. The molecular weight excluding hydrogens is 384 g/mol. The molecular formula is C18H22N4O5S. The number of rotatable bonds is 5. The van der Waals surface area contributed by atoms with Crippen LogP contribution >= 0.6 is 0 Å². The van der Waals surface area contributed by atoms with Crippen molar-refractivity contribution >= 4 is 27.5 Å². The number of amides is 2. The third kappa shape index (κ3) is 4.97. The topological polar surface area (TPSA) is 126 Å². The fourth-order valence-corrected chi connectivity index (χ4v) is 3.46. The molecule has 3 rings (SSSR count). The molecule has 1 aliphatic rings. The van der Waals surface area contributed by atoms with Gasteiger partial charge in [0.15, 0.2) is 5.76 Å². The molecule has 0 atom stereocenters. The lowest BCUT2D eigenvalue weighted by molar-refractivity contribution is -0.117. The zero-order chi connectivity index (χ0) is 20.3. The summed E-state index contributed by atoms with van der Waals surface area (Å²) >= 11 is 0. The molecule has 0 spiro atoms. The lowest BCUT2D eigenvalue weighted by Crippen LogP contribution is -2.50. The first-order valence-corrected chi connectivity index (χ1v) is 10.3. The summed E-state index contributed by atoms with van der Waals surface area (Å²) in [5, 5.41) is 7.77. The summed E-state index contributed by atoms with van der Waals surface area (Å²) in [5.74, 6) is 0.652. The Kier molecular flexibility index (Phi) is 5.82. The number of nitrogens with one attached hydrogen (secondary N) is 1. The van der Waals surface area contributed by atoms with E-state index in [1.807, 2.05) is 4.90 Å². The van der Waals surface area contributed by atoms with Gasteiger partial charge in [0.25, 0.3) is 5.91 Å². The molecule has 10 heteroatoms. The van der Waals surface area contributed by atoms with Gasteiger partial charge in [-0.2, -0.15) is 0 Å². The Morgan fingerprint density at radius 2 is 1.71 bits per heavy atom. The van der Waals surface area contributed by atoms with Crippen LogP contribution in [-0.4, -0.2) is 62.8 Å². The van der Waals surface area contributed by atoms with E-state index >= 15 is 0 Å². The monoisotopic (exact) mass is 406 g/mol. The molecule has 1 saturated heterocycles. The summed E-state index contributed by atoms with van der Waals surface area (Å²) in [6, 6.07) is 9.07. The highest BCUT2D eigenvalue weighted by Crippen LogP contribution is 2.14. The molecule has 0 aliphatic carbocycles. The van der Waals surface area contributed by atoms with E-state index in [1.165, 1.54) is 24.3 Å². The second-order valence-corrected chi connectivity index (χ2v) is 8.16. The summed E-state index contributed by atoms with van der Waals surface area (Å²) in [7, 11) is -3.76. The van der Waals surface area contributed by atoms with E-state index in [0.29, 0.717) is 43.4 Å². The number of anilines is 1. The Morgan fingerprint density at radius 3 is 2.25 bits per heavy atom. The molecule has 1 aliphatic heterocycles. The molecule has 3 N–H and O–H groups in total. The average molecular weight is 406 g/mol. The van der Waals surface area contributed by atoms with Crippen LogP contribution in [0.4, 0.5) is 5.69 Å². The predicted molar refractivity (Wildman–Crippen MR) is 102 cm³/mol. The Labute approximate surface area is 163 Å². The van der Waals surface area contributed by atoms with E-state index in [0.717, 1.165) is 0 Å². The van der Waals surface area contributed by atoms with Crippen molar-refractivity contribution in [3.63, 3.8) is 0 Å². The molecule has 2 heterocycles. The smallest absolute Gasteiger partial charge is 0.289 e. The van der Waals surface area contributed by atoms with Crippen LogP contribution in [0.25, 0.3) is 0 Å². The lowest BCUT2D eigenvalue weighted by atomic mass is 10.2. The molecule has 0 radical (unpaired) electrons. The van der Waals surface area contributed by atoms with E-state index < -0.39 is 10.0 Å². The number of aryl methyl sites for hydroxylation is 1. The fraction of sp³-hybridized carbons (Fsp3) is 0.333. The van der Waals surface area contributed by atoms with Gasteiger partial charge in [-0.15, -0.1) is 0 Å². The highest BCUT2D eigenvalue weighted by atomic mass is 32.2. The van der Waals surface area contributed by atoms with Crippen LogP contribution in [-0.2, 0) is 14.8 Å². The van der Waals surface area contributed by atoms with E-state index in [9.17, 15) is 18.0 Å². The van der Waals surface area contributed by atoms with Gasteiger partial charge in [-0.05, 0) is 43.3 Å². The second kappa shape index (κ2) is 8.13. The van der Waals surface area contributed by atoms with Crippen LogP contribution in [0.1, 0.15) is 16.3 Å². The molecule has 28 heavy (non-hydrogen) atoms. The van der Waals surface area contributed by atoms with Crippen LogP contribution in [0.15, 0.2) is 45.7 Å². The van der Waals surface area contributed by atoms with Crippen LogP contribution in [0, 0.1) is 6.92 Å². The molecule has 0 saturated carbocycles. The third-order valence-electron chi connectivity index (χ3n) is 4.44. The maximum Gasteiger partial charge on any atom is 0.289 e. The number of primary sulfonamides is 1. The fourth-order valence-electron chi connectivity index (χ4n) is 2.95. The number of furan rings is 1. The SMILES string of the molecule is Cc1ccc(C(=O)N2CCN(CC(=O)Nc3ccc(S(N)(=O)=O)cc3)CC2)o1. The number of nitrogens with zero attached hydrogens (tertiary/aromatic N) is 2. The Balaban J connectivity index is 1.48. The van der Waals surface area contributed by atoms with Crippen LogP contribution < -0.4 is 10.5 Å². The van der Waals surface area contributed by atoms with Crippen molar-refractivity contribution in [2.24, 2.45) is 5.14 Å². The number of piperazine rings is 1. The van der Waals surface area contributed by atoms with Crippen molar-refractivity contribution in [2.75, 3.05) is 38.0 Å². The number of carbonyl (C=O) groups excluding carboxylic acids is 2. The van der Waals surface area contributed by atoms with Crippen molar-refractivity contribution in [2.45, 2.75) is 11.8 Å². The van der Waals surface area contributed by atoms with Crippen molar-refractivity contribution in [3.8, 4) is 0 Å². The number of hydrogen-bond acceptors (Lipinski definition) is 6. The first-order valence-electron chi connectivity index (χ1n) is 8.73. The zero-order valence-electron chi connectivity index (χ0n) is 15.4. The van der Waals surface area contributed by atoms with Gasteiger partial charge in [0.1, 0.15) is 5.76 Å². The van der Waals surface area contributed by atoms with Gasteiger partial charge in [0, 0.05) is 31.9 Å². The predicted octanol–water partition coefficient (Wildman–Crippen LogP) is 0.632. The second-order valence-electron chi connectivity index (χ2n) is 6.60. The first-order chi connectivity index (χ1) is 13.2.